The van der Waals surface area contributed by atoms with Crippen molar-refractivity contribution in [3.05, 3.63) is 55.9 Å². The van der Waals surface area contributed by atoms with Crippen LogP contribution in [0.1, 0.15) is 119 Å². The summed E-state index contributed by atoms with van der Waals surface area (Å²) in [5.74, 6) is -6.70. The fourth-order valence-corrected chi connectivity index (χ4v) is 11.5. The number of amides is 2. The number of guanidine groups is 2. The van der Waals surface area contributed by atoms with Crippen molar-refractivity contribution in [3.63, 3.8) is 0 Å². The smallest absolute Gasteiger partial charge is 0.548 e. The van der Waals surface area contributed by atoms with Crippen molar-refractivity contribution in [1.82, 2.24) is 30.0 Å². The molecule has 3 heterocycles. The van der Waals surface area contributed by atoms with E-state index in [4.69, 9.17) is 32.4 Å². The second-order valence-corrected chi connectivity index (χ2v) is 21.8. The Bertz CT molecular complexity index is 2770. The maximum Gasteiger partial charge on any atom is 1.00 e. The standard InChI is InChI=1S/C44H62N12O12S2.2Li/c1-19-21(3)33(23(5)25-17-43(7,8)67-31(19)25)69(63,64)55-41(47)49-15-11-13-27(39(59)60)51-37(57)29-35(45)54-30(36(46)53-29)38(58)52-28(40(61)62)14-12-16-50-42(48)56-70(65,66)34-22(4)20(2)32-26(24(34)6)18-44(9,10)68-32;;/h27-28H,11-18H2,1-10H3,(H2,46,53)(H2,45,54)(H,51,57)(H,52,58)(H,59,60)(H,61,62)(H3,47,49,55)(H3,48,50,56);;/q;2*+1/p-2/t27-,28-;;/m0../s1. The van der Waals surface area contributed by atoms with Gasteiger partial charge in [-0.25, -0.2) is 36.2 Å². The fraction of sp³-hybridized carbons (Fsp3) is 0.500. The Kier molecular flexibility index (Phi) is 19.3. The summed E-state index contributed by atoms with van der Waals surface area (Å²) in [6, 6.07) is -3.29. The van der Waals surface area contributed by atoms with Gasteiger partial charge in [0.2, 0.25) is 11.9 Å². The van der Waals surface area contributed by atoms with Gasteiger partial charge in [-0.3, -0.25) is 19.6 Å². The minimum Gasteiger partial charge on any atom is -0.548 e. The molecule has 0 fully saturated rings. The molecule has 2 aromatic carbocycles. The Labute approximate surface area is 442 Å². The van der Waals surface area contributed by atoms with Gasteiger partial charge in [-0.2, -0.15) is 0 Å². The van der Waals surface area contributed by atoms with Gasteiger partial charge in [0.05, 0.1) is 33.8 Å². The summed E-state index contributed by atoms with van der Waals surface area (Å²) in [6.45, 7) is 17.5. The monoisotopic (exact) mass is 1030 g/mol. The van der Waals surface area contributed by atoms with Crippen molar-refractivity contribution >= 4 is 67.4 Å². The summed E-state index contributed by atoms with van der Waals surface area (Å²) in [6.07, 6.45) is 0.383. The number of fused-ring (bicyclic) bond motifs is 2. The number of carboxylic acids is 2. The van der Waals surface area contributed by atoms with Crippen molar-refractivity contribution in [3.8, 4) is 11.5 Å². The van der Waals surface area contributed by atoms with Crippen LogP contribution < -0.4 is 100 Å². The molecule has 24 nitrogen and oxygen atoms in total. The first-order valence-corrected chi connectivity index (χ1v) is 25.0. The zero-order chi connectivity index (χ0) is 52.6. The van der Waals surface area contributed by atoms with E-state index in [0.717, 1.165) is 11.1 Å². The Morgan fingerprint density at radius 2 is 0.931 bits per heavy atom. The van der Waals surface area contributed by atoms with Crippen LogP contribution in [0, 0.1) is 41.5 Å². The second kappa shape index (κ2) is 23.0. The molecule has 2 aliphatic heterocycles. The van der Waals surface area contributed by atoms with Crippen LogP contribution in [0.25, 0.3) is 0 Å². The van der Waals surface area contributed by atoms with E-state index >= 15 is 0 Å². The third-order valence-electron chi connectivity index (χ3n) is 12.0. The zero-order valence-corrected chi connectivity index (χ0v) is 44.3. The summed E-state index contributed by atoms with van der Waals surface area (Å²) in [4.78, 5) is 65.9. The van der Waals surface area contributed by atoms with Crippen molar-refractivity contribution in [2.24, 2.45) is 21.5 Å². The fourth-order valence-electron chi connectivity index (χ4n) is 8.47. The van der Waals surface area contributed by atoms with Crippen molar-refractivity contribution in [1.29, 1.82) is 0 Å². The van der Waals surface area contributed by atoms with E-state index in [0.29, 0.717) is 57.7 Å². The van der Waals surface area contributed by atoms with Crippen LogP contribution in [0.5, 0.6) is 11.5 Å². The van der Waals surface area contributed by atoms with Gasteiger partial charge in [0.1, 0.15) is 22.7 Å². The topological polar surface area (TPSA) is 404 Å². The number of benzene rings is 2. The molecule has 28 heteroatoms. The van der Waals surface area contributed by atoms with E-state index in [1.54, 1.807) is 41.5 Å². The van der Waals surface area contributed by atoms with Crippen molar-refractivity contribution in [2.75, 3.05) is 24.6 Å². The number of hydrogen-bond donors (Lipinski definition) is 8. The molecule has 0 aliphatic carbocycles. The van der Waals surface area contributed by atoms with Gasteiger partial charge < -0.3 is 62.8 Å². The van der Waals surface area contributed by atoms with Gasteiger partial charge >= 0.3 is 37.7 Å². The van der Waals surface area contributed by atoms with E-state index in [-0.39, 0.29) is 86.3 Å². The number of hydrogen-bond acceptors (Lipinski definition) is 18. The molecule has 3 aromatic rings. The van der Waals surface area contributed by atoms with Crippen LogP contribution in [0.4, 0.5) is 11.6 Å². The number of rotatable bonds is 18. The molecule has 2 amide bonds. The van der Waals surface area contributed by atoms with Gasteiger partial charge in [-0.15, -0.1) is 0 Å². The first-order valence-electron chi connectivity index (χ1n) is 22.0. The number of nitrogens with zero attached hydrogens (tertiary/aromatic N) is 4. The van der Waals surface area contributed by atoms with Crippen LogP contribution in [-0.2, 0) is 42.5 Å². The Morgan fingerprint density at radius 1 is 0.611 bits per heavy atom. The Hall–Kier alpha value is -5.77. The minimum atomic E-state index is -4.21. The molecular weight excluding hydrogens is 967 g/mol. The normalized spacial score (nSPS) is 15.5. The molecule has 0 bridgehead atoms. The summed E-state index contributed by atoms with van der Waals surface area (Å²) >= 11 is 0. The number of carbonyl (C=O) groups is 4. The number of aliphatic carboxylic acids is 2. The largest absolute Gasteiger partial charge is 1.00 e. The molecule has 2 atom stereocenters. The van der Waals surface area contributed by atoms with E-state index in [1.807, 2.05) is 27.7 Å². The SMILES string of the molecule is Cc1c(C)c(S(=O)(=O)NC(N)=NCCC[C@H](NC(=O)c2nc(N)c(C(=O)N[C@@H](CCCN=C(N)NS(=O)(=O)c3c(C)c(C)c4c(c3C)CC(C)(C)O4)C(=O)[O-])nc2N)C(=O)[O-])c(C)c2c1OC(C)(C)C2.[Li+].[Li+]. The minimum absolute atomic E-state index is 0. The third kappa shape index (κ3) is 13.4. The number of anilines is 2. The van der Waals surface area contributed by atoms with Gasteiger partial charge in [0, 0.05) is 37.1 Å². The van der Waals surface area contributed by atoms with Crippen LogP contribution in [0.2, 0.25) is 0 Å². The number of sulfonamides is 2. The molecule has 12 N–H and O–H groups in total. The third-order valence-corrected chi connectivity index (χ3v) is 15.3. The number of aliphatic imine (C=N–C) groups is 2. The van der Waals surface area contributed by atoms with E-state index in [9.17, 15) is 46.2 Å². The van der Waals surface area contributed by atoms with E-state index in [1.165, 1.54) is 0 Å². The molecule has 1 aromatic heterocycles. The predicted molar refractivity (Wildman–Crippen MR) is 254 cm³/mol. The molecular formula is C44H60Li2N12O12S2. The summed E-state index contributed by atoms with van der Waals surface area (Å²) < 4.78 is 70.7. The van der Waals surface area contributed by atoms with Crippen LogP contribution in [0.3, 0.4) is 0 Å². The zero-order valence-electron chi connectivity index (χ0n) is 42.6. The Morgan fingerprint density at radius 3 is 1.24 bits per heavy atom. The Balaban J connectivity index is 0.00000684. The molecule has 5 rings (SSSR count). The van der Waals surface area contributed by atoms with E-state index in [2.05, 4.69) is 40.0 Å². The summed E-state index contributed by atoms with van der Waals surface area (Å²) in [5.41, 5.74) is 26.2. The van der Waals surface area contributed by atoms with Crippen LogP contribution in [-0.4, -0.2) is 98.9 Å². The number of nitrogen functional groups attached to an aromatic ring is 2. The molecule has 72 heavy (non-hydrogen) atoms. The van der Waals surface area contributed by atoms with Gasteiger partial charge in [-0.1, -0.05) is 0 Å². The first-order chi connectivity index (χ1) is 32.3. The molecule has 0 radical (unpaired) electrons. The second-order valence-electron chi connectivity index (χ2n) is 18.5. The number of aromatic nitrogens is 2. The molecule has 0 saturated heterocycles. The van der Waals surface area contributed by atoms with Gasteiger partial charge in [0.15, 0.2) is 23.0 Å². The average Bonchev–Trinajstić information content (AvgIpc) is 3.76. The summed E-state index contributed by atoms with van der Waals surface area (Å²) in [7, 11) is -8.41. The van der Waals surface area contributed by atoms with Crippen molar-refractivity contribution in [2.45, 2.75) is 141 Å². The molecule has 0 unspecified atom stereocenters. The molecule has 2 aliphatic rings. The molecule has 382 valence electrons. The quantitative estimate of drug-likeness (QED) is 0.0254. The number of carboxylic acid groups (broad SMARTS) is 2. The predicted octanol–water partition coefficient (Wildman–Crippen LogP) is -7.23. The van der Waals surface area contributed by atoms with Gasteiger partial charge in [-0.05, 0) is 128 Å². The number of nitrogens with one attached hydrogen (secondary N) is 4. The average molecular weight is 1030 g/mol. The van der Waals surface area contributed by atoms with Gasteiger partial charge in [0.25, 0.3) is 31.9 Å². The van der Waals surface area contributed by atoms with Crippen LogP contribution in [0.15, 0.2) is 19.8 Å². The van der Waals surface area contributed by atoms with Crippen molar-refractivity contribution < 1.29 is 93.4 Å². The number of carbonyl (C=O) groups excluding carboxylic acids is 4. The van der Waals surface area contributed by atoms with E-state index < -0.39 is 102 Å². The molecule has 0 spiro atoms. The number of ether oxygens (including phenoxy) is 2. The number of nitrogens with two attached hydrogens (primary N) is 4. The maximum absolute atomic E-state index is 13.5. The van der Waals surface area contributed by atoms with Crippen LogP contribution >= 0.6 is 0 Å². The molecule has 0 saturated carbocycles. The summed E-state index contributed by atoms with van der Waals surface area (Å²) in [5, 5.41) is 28.3. The first kappa shape index (κ1) is 60.5. The maximum atomic E-state index is 13.5.